The molecule has 1 N–H and O–H groups in total. The summed E-state index contributed by atoms with van der Waals surface area (Å²) < 4.78 is 5.53. The molecule has 0 saturated carbocycles. The van der Waals surface area contributed by atoms with Crippen molar-refractivity contribution in [2.24, 2.45) is 0 Å². The highest BCUT2D eigenvalue weighted by molar-refractivity contribution is 5.41. The van der Waals surface area contributed by atoms with Gasteiger partial charge in [0.15, 0.2) is 0 Å². The van der Waals surface area contributed by atoms with Crippen molar-refractivity contribution in [1.82, 2.24) is 9.97 Å². The molecule has 0 amide bonds. The lowest BCUT2D eigenvalue weighted by Gasteiger charge is -2.16. The Bertz CT molecular complexity index is 495. The molecule has 0 bridgehead atoms. The van der Waals surface area contributed by atoms with Crippen LogP contribution in [0.1, 0.15) is 11.5 Å². The summed E-state index contributed by atoms with van der Waals surface area (Å²) in [6.07, 6.45) is 1.73. The molecule has 0 saturated heterocycles. The molecule has 0 spiro atoms. The molecule has 0 aliphatic carbocycles. The summed E-state index contributed by atoms with van der Waals surface area (Å²) in [5, 5.41) is 2.92. The molecule has 0 atom stereocenters. The highest BCUT2D eigenvalue weighted by Gasteiger charge is 2.07. The lowest BCUT2D eigenvalue weighted by Crippen LogP contribution is -2.17. The number of aryl methyl sites for hydroxylation is 1. The summed E-state index contributed by atoms with van der Waals surface area (Å²) in [6, 6.07) is 5.81. The fourth-order valence-electron chi connectivity index (χ4n) is 1.57. The molecule has 90 valence electrons. The SMILES string of the molecule is CNc1nccc(N(C)Cc2ccc(C)o2)n1. The van der Waals surface area contributed by atoms with Gasteiger partial charge in [0.1, 0.15) is 17.3 Å². The summed E-state index contributed by atoms with van der Waals surface area (Å²) in [7, 11) is 3.77. The minimum atomic E-state index is 0.616. The summed E-state index contributed by atoms with van der Waals surface area (Å²) >= 11 is 0. The Balaban J connectivity index is 2.11. The predicted octanol–water partition coefficient (Wildman–Crippen LogP) is 2.06. The number of nitrogens with one attached hydrogen (secondary N) is 1. The van der Waals surface area contributed by atoms with E-state index < -0.39 is 0 Å². The second kappa shape index (κ2) is 4.86. The average Bonchev–Trinajstić information content (AvgIpc) is 2.75. The molecule has 5 heteroatoms. The van der Waals surface area contributed by atoms with Gasteiger partial charge in [0.25, 0.3) is 0 Å². The molecular formula is C12H16N4O. The minimum absolute atomic E-state index is 0.616. The number of rotatable bonds is 4. The predicted molar refractivity (Wildman–Crippen MR) is 67.1 cm³/mol. The Kier molecular flexibility index (Phi) is 3.27. The third kappa shape index (κ3) is 2.75. The first-order valence-corrected chi connectivity index (χ1v) is 5.46. The molecule has 2 heterocycles. The van der Waals surface area contributed by atoms with E-state index in [0.29, 0.717) is 12.5 Å². The van der Waals surface area contributed by atoms with Crippen LogP contribution < -0.4 is 10.2 Å². The quantitative estimate of drug-likeness (QED) is 0.874. The van der Waals surface area contributed by atoms with E-state index in [0.717, 1.165) is 17.3 Å². The van der Waals surface area contributed by atoms with E-state index >= 15 is 0 Å². The number of hydrogen-bond donors (Lipinski definition) is 1. The van der Waals surface area contributed by atoms with E-state index in [1.165, 1.54) is 0 Å². The molecule has 0 aliphatic rings. The molecule has 0 aromatic carbocycles. The smallest absolute Gasteiger partial charge is 0.224 e. The van der Waals surface area contributed by atoms with E-state index in [1.54, 1.807) is 13.2 Å². The van der Waals surface area contributed by atoms with Crippen LogP contribution in [-0.2, 0) is 6.54 Å². The van der Waals surface area contributed by atoms with Crippen LogP contribution >= 0.6 is 0 Å². The summed E-state index contributed by atoms with van der Waals surface area (Å²) in [6.45, 7) is 2.63. The van der Waals surface area contributed by atoms with Gasteiger partial charge in [0.05, 0.1) is 6.54 Å². The van der Waals surface area contributed by atoms with E-state index in [4.69, 9.17) is 4.42 Å². The summed E-state index contributed by atoms with van der Waals surface area (Å²) in [4.78, 5) is 10.4. The number of nitrogens with zero attached hydrogens (tertiary/aromatic N) is 3. The zero-order valence-corrected chi connectivity index (χ0v) is 10.3. The molecule has 0 aliphatic heterocycles. The van der Waals surface area contributed by atoms with E-state index in [-0.39, 0.29) is 0 Å². The van der Waals surface area contributed by atoms with Crippen LogP contribution in [0.2, 0.25) is 0 Å². The van der Waals surface area contributed by atoms with Gasteiger partial charge in [-0.25, -0.2) is 4.98 Å². The molecular weight excluding hydrogens is 216 g/mol. The fourth-order valence-corrected chi connectivity index (χ4v) is 1.57. The van der Waals surface area contributed by atoms with Gasteiger partial charge in [-0.2, -0.15) is 4.98 Å². The number of anilines is 2. The van der Waals surface area contributed by atoms with Crippen molar-refractivity contribution >= 4 is 11.8 Å². The second-order valence-corrected chi connectivity index (χ2v) is 3.86. The van der Waals surface area contributed by atoms with Crippen LogP contribution in [0.25, 0.3) is 0 Å². The first kappa shape index (κ1) is 11.4. The van der Waals surface area contributed by atoms with Gasteiger partial charge < -0.3 is 14.6 Å². The van der Waals surface area contributed by atoms with Crippen LogP contribution in [0.15, 0.2) is 28.8 Å². The third-order valence-electron chi connectivity index (χ3n) is 2.44. The van der Waals surface area contributed by atoms with Crippen LogP contribution in [0.5, 0.6) is 0 Å². The Morgan fingerprint density at radius 3 is 2.82 bits per heavy atom. The minimum Gasteiger partial charge on any atom is -0.464 e. The molecule has 2 aromatic heterocycles. The molecule has 5 nitrogen and oxygen atoms in total. The van der Waals surface area contributed by atoms with Gasteiger partial charge in [-0.15, -0.1) is 0 Å². The van der Waals surface area contributed by atoms with Crippen LogP contribution in [0.3, 0.4) is 0 Å². The normalized spacial score (nSPS) is 10.3. The van der Waals surface area contributed by atoms with E-state index in [2.05, 4.69) is 15.3 Å². The van der Waals surface area contributed by atoms with Gasteiger partial charge in [-0.3, -0.25) is 0 Å². The Morgan fingerprint density at radius 2 is 2.18 bits per heavy atom. The van der Waals surface area contributed by atoms with Crippen molar-refractivity contribution in [3.8, 4) is 0 Å². The lowest BCUT2D eigenvalue weighted by molar-refractivity contribution is 0.481. The molecule has 2 aromatic rings. The second-order valence-electron chi connectivity index (χ2n) is 3.86. The first-order valence-electron chi connectivity index (χ1n) is 5.46. The maximum Gasteiger partial charge on any atom is 0.224 e. The molecule has 17 heavy (non-hydrogen) atoms. The zero-order chi connectivity index (χ0) is 12.3. The van der Waals surface area contributed by atoms with Gasteiger partial charge in [-0.05, 0) is 25.1 Å². The van der Waals surface area contributed by atoms with Crippen molar-refractivity contribution in [2.75, 3.05) is 24.3 Å². The fraction of sp³-hybridized carbons (Fsp3) is 0.333. The summed E-state index contributed by atoms with van der Waals surface area (Å²) in [5.41, 5.74) is 0. The van der Waals surface area contributed by atoms with Gasteiger partial charge in [0.2, 0.25) is 5.95 Å². The lowest BCUT2D eigenvalue weighted by atomic mass is 10.4. The van der Waals surface area contributed by atoms with Crippen molar-refractivity contribution in [3.63, 3.8) is 0 Å². The average molecular weight is 232 g/mol. The molecule has 0 unspecified atom stereocenters. The Labute approximate surface area is 100 Å². The largest absolute Gasteiger partial charge is 0.464 e. The van der Waals surface area contributed by atoms with Crippen molar-refractivity contribution in [1.29, 1.82) is 0 Å². The van der Waals surface area contributed by atoms with Crippen molar-refractivity contribution in [3.05, 3.63) is 35.9 Å². The van der Waals surface area contributed by atoms with Crippen molar-refractivity contribution in [2.45, 2.75) is 13.5 Å². The van der Waals surface area contributed by atoms with E-state index in [1.807, 2.05) is 37.1 Å². The third-order valence-corrected chi connectivity index (χ3v) is 2.44. The zero-order valence-electron chi connectivity index (χ0n) is 10.3. The molecule has 0 fully saturated rings. The highest BCUT2D eigenvalue weighted by Crippen LogP contribution is 2.15. The van der Waals surface area contributed by atoms with Crippen LogP contribution in [0, 0.1) is 6.92 Å². The standard InChI is InChI=1S/C12H16N4O/c1-9-4-5-10(17-9)8-16(3)11-6-7-14-12(13-2)15-11/h4-7H,8H2,1-3H3,(H,13,14,15). The topological polar surface area (TPSA) is 54.2 Å². The van der Waals surface area contributed by atoms with Gasteiger partial charge in [-0.1, -0.05) is 0 Å². The van der Waals surface area contributed by atoms with Crippen LogP contribution in [-0.4, -0.2) is 24.1 Å². The Morgan fingerprint density at radius 1 is 1.35 bits per heavy atom. The molecule has 0 radical (unpaired) electrons. The number of furan rings is 1. The monoisotopic (exact) mass is 232 g/mol. The maximum absolute atomic E-state index is 5.53. The first-order chi connectivity index (χ1) is 8.19. The summed E-state index contributed by atoms with van der Waals surface area (Å²) in [5.74, 6) is 3.32. The molecule has 2 rings (SSSR count). The van der Waals surface area contributed by atoms with Gasteiger partial charge in [0, 0.05) is 20.3 Å². The highest BCUT2D eigenvalue weighted by atomic mass is 16.3. The van der Waals surface area contributed by atoms with Crippen LogP contribution in [0.4, 0.5) is 11.8 Å². The number of hydrogen-bond acceptors (Lipinski definition) is 5. The van der Waals surface area contributed by atoms with Gasteiger partial charge >= 0.3 is 0 Å². The van der Waals surface area contributed by atoms with E-state index in [9.17, 15) is 0 Å². The number of aromatic nitrogens is 2. The Hall–Kier alpha value is -2.04. The maximum atomic E-state index is 5.53. The van der Waals surface area contributed by atoms with Crippen molar-refractivity contribution < 1.29 is 4.42 Å².